The maximum absolute atomic E-state index is 12.4. The molecule has 2 fully saturated rings. The maximum atomic E-state index is 12.4. The number of carboxylic acids is 1. The van der Waals surface area contributed by atoms with E-state index in [1.54, 1.807) is 0 Å². The van der Waals surface area contributed by atoms with Crippen molar-refractivity contribution in [3.63, 3.8) is 0 Å². The third-order valence-corrected chi connectivity index (χ3v) is 6.62. The lowest BCUT2D eigenvalue weighted by molar-refractivity contribution is -0.148. The van der Waals surface area contributed by atoms with Crippen LogP contribution in [0.4, 0.5) is 0 Å². The molecule has 2 aliphatic rings. The predicted molar refractivity (Wildman–Crippen MR) is 85.4 cm³/mol. The largest absolute Gasteiger partial charge is 0.481 e. The van der Waals surface area contributed by atoms with Crippen molar-refractivity contribution in [2.24, 2.45) is 11.8 Å². The van der Waals surface area contributed by atoms with Gasteiger partial charge in [0.05, 0.1) is 11.8 Å². The molecule has 5 heteroatoms. The van der Waals surface area contributed by atoms with Crippen LogP contribution in [0.25, 0.3) is 0 Å². The number of hydrogen-bond donors (Lipinski definition) is 2. The molecule has 0 heterocycles. The molecule has 2 atom stereocenters. The van der Waals surface area contributed by atoms with E-state index in [0.29, 0.717) is 13.0 Å². The van der Waals surface area contributed by atoms with Crippen molar-refractivity contribution in [2.75, 3.05) is 12.8 Å². The molecule has 0 radical (unpaired) electrons. The molecule has 21 heavy (non-hydrogen) atoms. The van der Waals surface area contributed by atoms with Crippen molar-refractivity contribution in [1.29, 1.82) is 0 Å². The summed E-state index contributed by atoms with van der Waals surface area (Å²) in [6.07, 6.45) is 11.4. The van der Waals surface area contributed by atoms with Gasteiger partial charge in [0, 0.05) is 11.3 Å². The SMILES string of the molecule is CSC1(CNC(=O)C2CCCCC2C(=O)O)CCCCC1. The Labute approximate surface area is 131 Å². The lowest BCUT2D eigenvalue weighted by atomic mass is 9.78. The van der Waals surface area contributed by atoms with Crippen LogP contribution in [-0.2, 0) is 9.59 Å². The molecule has 2 rings (SSSR count). The normalized spacial score (nSPS) is 28.8. The van der Waals surface area contributed by atoms with Gasteiger partial charge in [0.2, 0.25) is 5.91 Å². The molecule has 120 valence electrons. The topological polar surface area (TPSA) is 66.4 Å². The van der Waals surface area contributed by atoms with Crippen LogP contribution in [0.2, 0.25) is 0 Å². The van der Waals surface area contributed by atoms with Crippen LogP contribution in [0, 0.1) is 11.8 Å². The lowest BCUT2D eigenvalue weighted by Gasteiger charge is -2.37. The first-order valence-corrected chi connectivity index (χ1v) is 9.36. The summed E-state index contributed by atoms with van der Waals surface area (Å²) in [7, 11) is 0. The van der Waals surface area contributed by atoms with Crippen LogP contribution in [0.3, 0.4) is 0 Å². The van der Waals surface area contributed by atoms with Gasteiger partial charge in [-0.25, -0.2) is 0 Å². The van der Waals surface area contributed by atoms with E-state index in [2.05, 4.69) is 11.6 Å². The van der Waals surface area contributed by atoms with E-state index in [1.807, 2.05) is 11.8 Å². The lowest BCUT2D eigenvalue weighted by Crippen LogP contribution is -2.46. The molecule has 0 saturated heterocycles. The quantitative estimate of drug-likeness (QED) is 0.818. The summed E-state index contributed by atoms with van der Waals surface area (Å²) in [6, 6.07) is 0. The minimum absolute atomic E-state index is 0.0406. The van der Waals surface area contributed by atoms with Crippen molar-refractivity contribution >= 4 is 23.6 Å². The smallest absolute Gasteiger partial charge is 0.307 e. The molecule has 0 aromatic heterocycles. The highest BCUT2D eigenvalue weighted by atomic mass is 32.2. The Morgan fingerprint density at radius 3 is 2.29 bits per heavy atom. The van der Waals surface area contributed by atoms with Gasteiger partial charge in [-0.05, 0) is 31.9 Å². The van der Waals surface area contributed by atoms with E-state index in [0.717, 1.165) is 32.1 Å². The Morgan fingerprint density at radius 2 is 1.71 bits per heavy atom. The summed E-state index contributed by atoms with van der Waals surface area (Å²) in [5.41, 5.74) is 0. The number of nitrogens with one attached hydrogen (secondary N) is 1. The van der Waals surface area contributed by atoms with Gasteiger partial charge in [-0.3, -0.25) is 9.59 Å². The van der Waals surface area contributed by atoms with E-state index in [9.17, 15) is 14.7 Å². The molecule has 4 nitrogen and oxygen atoms in total. The second-order valence-electron chi connectivity index (χ2n) is 6.50. The van der Waals surface area contributed by atoms with Crippen LogP contribution in [0.1, 0.15) is 57.8 Å². The number of hydrogen-bond acceptors (Lipinski definition) is 3. The third kappa shape index (κ3) is 4.15. The molecular formula is C16H27NO3S. The standard InChI is InChI=1S/C16H27NO3S/c1-21-16(9-5-2-6-10-16)11-17-14(18)12-7-3-4-8-13(12)15(19)20/h12-13H,2-11H2,1H3,(H,17,18)(H,19,20). The van der Waals surface area contributed by atoms with Gasteiger partial charge < -0.3 is 10.4 Å². The van der Waals surface area contributed by atoms with E-state index >= 15 is 0 Å². The Morgan fingerprint density at radius 1 is 1.10 bits per heavy atom. The zero-order valence-electron chi connectivity index (χ0n) is 12.9. The van der Waals surface area contributed by atoms with Crippen LogP contribution in [0.5, 0.6) is 0 Å². The van der Waals surface area contributed by atoms with E-state index in [-0.39, 0.29) is 16.6 Å². The van der Waals surface area contributed by atoms with Gasteiger partial charge in [0.1, 0.15) is 0 Å². The summed E-state index contributed by atoms with van der Waals surface area (Å²) in [6.45, 7) is 0.690. The molecule has 1 amide bonds. The highest BCUT2D eigenvalue weighted by molar-refractivity contribution is 8.00. The van der Waals surface area contributed by atoms with Crippen molar-refractivity contribution in [2.45, 2.75) is 62.5 Å². The highest BCUT2D eigenvalue weighted by Crippen LogP contribution is 2.38. The molecule has 0 aromatic rings. The fourth-order valence-electron chi connectivity index (χ4n) is 3.77. The number of carbonyl (C=O) groups is 2. The molecule has 0 aromatic carbocycles. The van der Waals surface area contributed by atoms with E-state index in [4.69, 9.17) is 0 Å². The van der Waals surface area contributed by atoms with Crippen LogP contribution in [-0.4, -0.2) is 34.5 Å². The Balaban J connectivity index is 1.92. The summed E-state index contributed by atoms with van der Waals surface area (Å²) >= 11 is 1.86. The highest BCUT2D eigenvalue weighted by Gasteiger charge is 2.37. The minimum Gasteiger partial charge on any atom is -0.481 e. The summed E-state index contributed by atoms with van der Waals surface area (Å²) < 4.78 is 0.168. The number of amides is 1. The first-order valence-electron chi connectivity index (χ1n) is 8.14. The molecule has 2 N–H and O–H groups in total. The minimum atomic E-state index is -0.813. The van der Waals surface area contributed by atoms with Crippen molar-refractivity contribution in [3.8, 4) is 0 Å². The van der Waals surface area contributed by atoms with Crippen molar-refractivity contribution in [1.82, 2.24) is 5.32 Å². The third-order valence-electron chi connectivity index (χ3n) is 5.20. The average molecular weight is 313 g/mol. The maximum Gasteiger partial charge on any atom is 0.307 e. The van der Waals surface area contributed by atoms with Gasteiger partial charge in [0.25, 0.3) is 0 Å². The monoisotopic (exact) mass is 313 g/mol. The number of carboxylic acid groups (broad SMARTS) is 1. The Hall–Kier alpha value is -0.710. The molecule has 0 aliphatic heterocycles. The number of aliphatic carboxylic acids is 1. The Bertz CT molecular complexity index is 380. The number of thioether (sulfide) groups is 1. The number of carbonyl (C=O) groups excluding carboxylic acids is 1. The molecule has 0 bridgehead atoms. The van der Waals surface area contributed by atoms with Crippen LogP contribution >= 0.6 is 11.8 Å². The van der Waals surface area contributed by atoms with Gasteiger partial charge in [-0.2, -0.15) is 11.8 Å². The first-order chi connectivity index (χ1) is 10.1. The second-order valence-corrected chi connectivity index (χ2v) is 7.78. The Kier molecular flexibility index (Phi) is 5.97. The first kappa shape index (κ1) is 16.7. The summed E-state index contributed by atoms with van der Waals surface area (Å²) in [5, 5.41) is 12.4. The molecule has 2 unspecified atom stereocenters. The molecule has 2 aliphatic carbocycles. The van der Waals surface area contributed by atoms with Gasteiger partial charge in [0.15, 0.2) is 0 Å². The summed E-state index contributed by atoms with van der Waals surface area (Å²) in [5.74, 6) is -1.68. The van der Waals surface area contributed by atoms with E-state index in [1.165, 1.54) is 19.3 Å². The second kappa shape index (κ2) is 7.52. The fraction of sp³-hybridized carbons (Fsp3) is 0.875. The fourth-order valence-corrected chi connectivity index (χ4v) is 4.68. The summed E-state index contributed by atoms with van der Waals surface area (Å²) in [4.78, 5) is 23.7. The predicted octanol–water partition coefficient (Wildman–Crippen LogP) is 3.06. The molecule has 0 spiro atoms. The number of rotatable bonds is 5. The van der Waals surface area contributed by atoms with Crippen LogP contribution < -0.4 is 5.32 Å². The van der Waals surface area contributed by atoms with E-state index < -0.39 is 11.9 Å². The zero-order valence-corrected chi connectivity index (χ0v) is 13.7. The van der Waals surface area contributed by atoms with Gasteiger partial charge >= 0.3 is 5.97 Å². The van der Waals surface area contributed by atoms with Crippen molar-refractivity contribution < 1.29 is 14.7 Å². The van der Waals surface area contributed by atoms with Crippen LogP contribution in [0.15, 0.2) is 0 Å². The van der Waals surface area contributed by atoms with Crippen molar-refractivity contribution in [3.05, 3.63) is 0 Å². The van der Waals surface area contributed by atoms with Gasteiger partial charge in [-0.15, -0.1) is 0 Å². The molecular weight excluding hydrogens is 286 g/mol. The molecule has 2 saturated carbocycles. The zero-order chi connectivity index (χ0) is 15.3. The van der Waals surface area contributed by atoms with Gasteiger partial charge in [-0.1, -0.05) is 32.1 Å². The average Bonchev–Trinajstić information content (AvgIpc) is 2.53.